The molecule has 3 N–H and O–H groups in total. The third kappa shape index (κ3) is 8.72. The Hall–Kier alpha value is -4.05. The maximum atomic E-state index is 13.4. The number of hydrogen-bond donors (Lipinski definition) is 3. The van der Waals surface area contributed by atoms with E-state index in [9.17, 15) is 14.7 Å². The smallest absolute Gasteiger partial charge is 0.253 e. The molecule has 1 heterocycles. The van der Waals surface area contributed by atoms with Gasteiger partial charge in [0.2, 0.25) is 0 Å². The normalized spacial score (nSPS) is 12.4. The molecule has 9 heteroatoms. The average molecular weight is 573 g/mol. The number of amides is 2. The Morgan fingerprint density at radius 1 is 1.00 bits per heavy atom. The number of aliphatic hydroxyl groups excluding tert-OH is 1. The van der Waals surface area contributed by atoms with E-state index in [1.165, 1.54) is 0 Å². The summed E-state index contributed by atoms with van der Waals surface area (Å²) < 4.78 is 5.29. The van der Waals surface area contributed by atoms with Crippen LogP contribution in [0.3, 0.4) is 0 Å². The lowest BCUT2D eigenvalue weighted by atomic mass is 10.00. The molecule has 2 unspecified atom stereocenters. The van der Waals surface area contributed by atoms with Gasteiger partial charge >= 0.3 is 0 Å². The molecule has 214 valence electrons. The predicted molar refractivity (Wildman–Crippen MR) is 161 cm³/mol. The summed E-state index contributed by atoms with van der Waals surface area (Å²) in [7, 11) is 3.34. The number of rotatable bonds is 13. The molecule has 2 atom stereocenters. The molecule has 1 aromatic heterocycles. The van der Waals surface area contributed by atoms with Gasteiger partial charge in [-0.05, 0) is 54.8 Å². The minimum absolute atomic E-state index is 0.201. The van der Waals surface area contributed by atoms with Crippen LogP contribution in [-0.2, 0) is 19.5 Å². The summed E-state index contributed by atoms with van der Waals surface area (Å²) in [4.78, 5) is 32.5. The molecule has 41 heavy (non-hydrogen) atoms. The number of aliphatic hydroxyl groups is 1. The van der Waals surface area contributed by atoms with Crippen molar-refractivity contribution in [3.05, 3.63) is 117 Å². The van der Waals surface area contributed by atoms with E-state index in [-0.39, 0.29) is 18.4 Å². The predicted octanol–water partition coefficient (Wildman–Crippen LogP) is 4.22. The highest BCUT2D eigenvalue weighted by Crippen LogP contribution is 2.15. The van der Waals surface area contributed by atoms with Crippen molar-refractivity contribution in [1.82, 2.24) is 20.5 Å². The molecule has 0 bridgehead atoms. The van der Waals surface area contributed by atoms with Crippen molar-refractivity contribution in [2.75, 3.05) is 20.7 Å². The summed E-state index contributed by atoms with van der Waals surface area (Å²) in [6, 6.07) is 23.5. The number of hydrogen-bond acceptors (Lipinski definition) is 7. The van der Waals surface area contributed by atoms with Crippen molar-refractivity contribution in [2.45, 2.75) is 38.6 Å². The van der Waals surface area contributed by atoms with Crippen LogP contribution in [0.15, 0.2) is 84.2 Å². The van der Waals surface area contributed by atoms with Gasteiger partial charge in [-0.3, -0.25) is 9.59 Å². The second kappa shape index (κ2) is 14.5. The molecular weight excluding hydrogens is 536 g/mol. The highest BCUT2D eigenvalue weighted by atomic mass is 32.1. The second-order valence-electron chi connectivity index (χ2n) is 9.92. The number of nitrogens with zero attached hydrogens (tertiary/aromatic N) is 2. The summed E-state index contributed by atoms with van der Waals surface area (Å²) in [6.45, 7) is 3.12. The number of carbonyl (C=O) groups excluding carboxylic acids is 2. The molecule has 0 aliphatic rings. The molecular formula is C32H36N4O4S. The van der Waals surface area contributed by atoms with Crippen LogP contribution in [0.1, 0.15) is 42.5 Å². The first kappa shape index (κ1) is 29.9. The zero-order chi connectivity index (χ0) is 29.2. The molecule has 2 amide bonds. The van der Waals surface area contributed by atoms with E-state index in [2.05, 4.69) is 15.6 Å². The molecule has 8 nitrogen and oxygen atoms in total. The zero-order valence-corrected chi connectivity index (χ0v) is 24.4. The summed E-state index contributed by atoms with van der Waals surface area (Å²) in [5, 5.41) is 20.3. The van der Waals surface area contributed by atoms with E-state index < -0.39 is 12.1 Å². The van der Waals surface area contributed by atoms with E-state index in [4.69, 9.17) is 4.74 Å². The largest absolute Gasteiger partial charge is 0.497 e. The Labute approximate surface area is 245 Å². The van der Waals surface area contributed by atoms with E-state index in [0.717, 1.165) is 27.6 Å². The molecule has 0 fully saturated rings. The van der Waals surface area contributed by atoms with Crippen molar-refractivity contribution in [1.29, 1.82) is 0 Å². The van der Waals surface area contributed by atoms with Gasteiger partial charge in [0.05, 0.1) is 36.5 Å². The fourth-order valence-corrected chi connectivity index (χ4v) is 5.11. The van der Waals surface area contributed by atoms with Gasteiger partial charge < -0.3 is 25.4 Å². The number of nitrogens with one attached hydrogen (secondary N) is 2. The van der Waals surface area contributed by atoms with Crippen molar-refractivity contribution in [2.24, 2.45) is 0 Å². The maximum Gasteiger partial charge on any atom is 0.253 e. The van der Waals surface area contributed by atoms with Crippen LogP contribution >= 0.6 is 11.3 Å². The number of aromatic nitrogens is 1. The van der Waals surface area contributed by atoms with E-state index in [0.29, 0.717) is 30.6 Å². The SMILES string of the molecule is COc1cccc(CNCC(O)C(Cc2ccccc2)NC(=O)c2cccc(C(=O)N(C)Cc3csc(C)n3)c2)c1. The van der Waals surface area contributed by atoms with Crippen molar-refractivity contribution >= 4 is 23.2 Å². The highest BCUT2D eigenvalue weighted by molar-refractivity contribution is 7.09. The first-order valence-electron chi connectivity index (χ1n) is 13.5. The lowest BCUT2D eigenvalue weighted by Crippen LogP contribution is -2.48. The molecule has 0 spiro atoms. The standard InChI is InChI=1S/C32H36N4O4S/c1-22-34-27(21-41-22)20-36(2)32(39)26-13-8-12-25(17-26)31(38)35-29(16-23-9-5-4-6-10-23)30(37)19-33-18-24-11-7-14-28(15-24)40-3/h4-15,17,21,29-30,33,37H,16,18-20H2,1-3H3,(H,35,38). The van der Waals surface area contributed by atoms with Gasteiger partial charge in [-0.1, -0.05) is 48.5 Å². The van der Waals surface area contributed by atoms with Crippen molar-refractivity contribution in [3.8, 4) is 5.75 Å². The van der Waals surface area contributed by atoms with Crippen LogP contribution in [0.5, 0.6) is 5.75 Å². The number of benzene rings is 3. The molecule has 0 radical (unpaired) electrons. The first-order valence-corrected chi connectivity index (χ1v) is 14.3. The Bertz CT molecular complexity index is 1440. The van der Waals surface area contributed by atoms with Gasteiger partial charge in [-0.2, -0.15) is 0 Å². The third-order valence-corrected chi connectivity index (χ3v) is 7.50. The number of thiazole rings is 1. The molecule has 0 aliphatic heterocycles. The minimum atomic E-state index is -0.859. The topological polar surface area (TPSA) is 104 Å². The quantitative estimate of drug-likeness (QED) is 0.222. The summed E-state index contributed by atoms with van der Waals surface area (Å²) in [6.07, 6.45) is -0.412. The molecule has 3 aromatic carbocycles. The van der Waals surface area contributed by atoms with Gasteiger partial charge in [-0.25, -0.2) is 4.98 Å². The number of methoxy groups -OCH3 is 1. The van der Waals surface area contributed by atoms with Gasteiger partial charge in [0.25, 0.3) is 11.8 Å². The molecule has 0 saturated carbocycles. The van der Waals surface area contributed by atoms with Crippen LogP contribution in [0.4, 0.5) is 0 Å². The molecule has 4 rings (SSSR count). The fourth-order valence-electron chi connectivity index (χ4n) is 4.50. The van der Waals surface area contributed by atoms with Gasteiger partial charge in [0, 0.05) is 36.6 Å². The number of carbonyl (C=O) groups is 2. The lowest BCUT2D eigenvalue weighted by molar-refractivity contribution is 0.0783. The van der Waals surface area contributed by atoms with Crippen LogP contribution in [0, 0.1) is 6.92 Å². The molecule has 0 saturated heterocycles. The van der Waals surface area contributed by atoms with Gasteiger partial charge in [-0.15, -0.1) is 11.3 Å². The summed E-state index contributed by atoms with van der Waals surface area (Å²) in [5.74, 6) is 0.210. The zero-order valence-electron chi connectivity index (χ0n) is 23.5. The Balaban J connectivity index is 1.42. The first-order chi connectivity index (χ1) is 19.8. The average Bonchev–Trinajstić information content (AvgIpc) is 3.41. The summed E-state index contributed by atoms with van der Waals surface area (Å²) in [5.41, 5.74) is 3.61. The van der Waals surface area contributed by atoms with E-state index in [1.54, 1.807) is 54.7 Å². The number of aryl methyl sites for hydroxylation is 1. The van der Waals surface area contributed by atoms with Gasteiger partial charge in [0.1, 0.15) is 5.75 Å². The Morgan fingerprint density at radius 3 is 2.46 bits per heavy atom. The maximum absolute atomic E-state index is 13.4. The Kier molecular flexibility index (Phi) is 10.6. The van der Waals surface area contributed by atoms with Gasteiger partial charge in [0.15, 0.2) is 0 Å². The number of ether oxygens (including phenoxy) is 1. The fraction of sp³-hybridized carbons (Fsp3) is 0.281. The van der Waals surface area contributed by atoms with E-state index in [1.807, 2.05) is 66.9 Å². The van der Waals surface area contributed by atoms with Crippen LogP contribution in [0.25, 0.3) is 0 Å². The van der Waals surface area contributed by atoms with Crippen molar-refractivity contribution < 1.29 is 19.4 Å². The summed E-state index contributed by atoms with van der Waals surface area (Å²) >= 11 is 1.54. The lowest BCUT2D eigenvalue weighted by Gasteiger charge is -2.25. The second-order valence-corrected chi connectivity index (χ2v) is 11.0. The highest BCUT2D eigenvalue weighted by Gasteiger charge is 2.23. The van der Waals surface area contributed by atoms with E-state index >= 15 is 0 Å². The van der Waals surface area contributed by atoms with Crippen LogP contribution in [-0.4, -0.2) is 59.7 Å². The van der Waals surface area contributed by atoms with Crippen LogP contribution in [0.2, 0.25) is 0 Å². The minimum Gasteiger partial charge on any atom is -0.497 e. The molecule has 0 aliphatic carbocycles. The Morgan fingerprint density at radius 2 is 1.73 bits per heavy atom. The molecule has 4 aromatic rings. The van der Waals surface area contributed by atoms with Crippen LogP contribution < -0.4 is 15.4 Å². The third-order valence-electron chi connectivity index (χ3n) is 6.68. The monoisotopic (exact) mass is 572 g/mol. The van der Waals surface area contributed by atoms with Crippen molar-refractivity contribution in [3.63, 3.8) is 0 Å².